The average molecular weight is 358 g/mol. The molecule has 0 unspecified atom stereocenters. The Morgan fingerprint density at radius 3 is 1.86 bits per heavy atom. The van der Waals surface area contributed by atoms with Gasteiger partial charge >= 0.3 is 19.5 Å². The van der Waals surface area contributed by atoms with Crippen molar-refractivity contribution in [2.24, 2.45) is 0 Å². The Balaban J connectivity index is 0.00000242. The maximum absolute atomic E-state index is 5.21. The fourth-order valence-corrected chi connectivity index (χ4v) is 2.46. The van der Waals surface area contributed by atoms with Crippen LogP contribution in [0.5, 0.6) is 5.75 Å². The predicted octanol–water partition coefficient (Wildman–Crippen LogP) is 0.277. The third kappa shape index (κ3) is 7.66. The molecule has 0 spiro atoms. The monoisotopic (exact) mass is 356 g/mol. The van der Waals surface area contributed by atoms with E-state index < -0.39 is 0 Å². The van der Waals surface area contributed by atoms with Crippen molar-refractivity contribution in [3.63, 3.8) is 0 Å². The van der Waals surface area contributed by atoms with Gasteiger partial charge in [0.15, 0.2) is 0 Å². The number of ether oxygens (including phenoxy) is 1. The zero-order valence-electron chi connectivity index (χ0n) is 13.7. The molecule has 0 saturated carbocycles. The minimum absolute atomic E-state index is 0. The second-order valence-corrected chi connectivity index (χ2v) is 5.37. The van der Waals surface area contributed by atoms with E-state index in [1.54, 1.807) is 7.11 Å². The summed E-state index contributed by atoms with van der Waals surface area (Å²) in [6.07, 6.45) is 0. The van der Waals surface area contributed by atoms with Crippen LogP contribution < -0.4 is 20.7 Å². The average Bonchev–Trinajstić information content (AvgIpc) is 2.51. The van der Waals surface area contributed by atoms with E-state index in [-0.39, 0.29) is 19.5 Å². The number of hydrogen-bond donors (Lipinski definition) is 3. The van der Waals surface area contributed by atoms with Crippen LogP contribution in [0.1, 0.15) is 5.56 Å². The van der Waals surface area contributed by atoms with Gasteiger partial charge in [-0.1, -0.05) is 12.1 Å². The zero-order chi connectivity index (χ0) is 14.8. The van der Waals surface area contributed by atoms with E-state index in [1.165, 1.54) is 5.56 Å². The number of rotatable bonds is 3. The minimum Gasteiger partial charge on any atom is -0.497 e. The van der Waals surface area contributed by atoms with Gasteiger partial charge in [-0.25, -0.2) is 0 Å². The molecule has 0 amide bonds. The van der Waals surface area contributed by atoms with Gasteiger partial charge in [0.05, 0.1) is 7.11 Å². The molecule has 1 heterocycles. The van der Waals surface area contributed by atoms with Crippen molar-refractivity contribution < 1.29 is 24.2 Å². The molecule has 1 fully saturated rings. The van der Waals surface area contributed by atoms with E-state index in [2.05, 4.69) is 33.0 Å². The van der Waals surface area contributed by atoms with Crippen LogP contribution in [-0.4, -0.2) is 64.4 Å². The standard InChI is InChI=1S/C16H28N4O.Zn/c1-21-16-4-2-15(3-5-16)14-20-12-10-18-8-6-17-7-9-19-11-13-20;/h2-5,17-19H,6-14H2,1H3;/q;+2. The summed E-state index contributed by atoms with van der Waals surface area (Å²) in [5.41, 5.74) is 1.34. The van der Waals surface area contributed by atoms with E-state index in [9.17, 15) is 0 Å². The SMILES string of the molecule is COc1ccc(CN2CCNCCNCCNCC2)cc1.[Zn+2]. The van der Waals surface area contributed by atoms with Gasteiger partial charge in [0.1, 0.15) is 5.75 Å². The quantitative estimate of drug-likeness (QED) is 0.678. The largest absolute Gasteiger partial charge is 2.00 e. The second-order valence-electron chi connectivity index (χ2n) is 5.37. The molecule has 0 aliphatic carbocycles. The smallest absolute Gasteiger partial charge is 0.497 e. The molecule has 1 aliphatic rings. The van der Waals surface area contributed by atoms with Gasteiger partial charge in [-0.05, 0) is 17.7 Å². The van der Waals surface area contributed by atoms with Crippen LogP contribution in [0.4, 0.5) is 0 Å². The van der Waals surface area contributed by atoms with E-state index in [4.69, 9.17) is 4.74 Å². The first-order valence-electron chi connectivity index (χ1n) is 7.86. The zero-order valence-corrected chi connectivity index (χ0v) is 16.7. The van der Waals surface area contributed by atoms with Gasteiger partial charge in [0.25, 0.3) is 0 Å². The molecule has 118 valence electrons. The summed E-state index contributed by atoms with van der Waals surface area (Å²) in [6.45, 7) is 9.38. The third-order valence-corrected chi connectivity index (χ3v) is 3.73. The third-order valence-electron chi connectivity index (χ3n) is 3.73. The maximum Gasteiger partial charge on any atom is 2.00 e. The summed E-state index contributed by atoms with van der Waals surface area (Å²) < 4.78 is 5.21. The van der Waals surface area contributed by atoms with Gasteiger partial charge in [-0.15, -0.1) is 0 Å². The summed E-state index contributed by atoms with van der Waals surface area (Å²) in [5, 5.41) is 10.4. The molecular formula is C16H28N4OZn+2. The van der Waals surface area contributed by atoms with Crippen molar-refractivity contribution in [3.8, 4) is 5.75 Å². The first-order valence-corrected chi connectivity index (χ1v) is 7.86. The molecule has 0 bridgehead atoms. The van der Waals surface area contributed by atoms with Crippen LogP contribution in [0.25, 0.3) is 0 Å². The van der Waals surface area contributed by atoms with Gasteiger partial charge in [0, 0.05) is 58.9 Å². The van der Waals surface area contributed by atoms with Crippen LogP contribution in [0, 0.1) is 0 Å². The fourth-order valence-electron chi connectivity index (χ4n) is 2.46. The number of benzene rings is 1. The van der Waals surface area contributed by atoms with E-state index in [0.29, 0.717) is 0 Å². The molecule has 0 atom stereocenters. The molecule has 5 nitrogen and oxygen atoms in total. The van der Waals surface area contributed by atoms with Crippen LogP contribution in [-0.2, 0) is 26.0 Å². The van der Waals surface area contributed by atoms with E-state index in [0.717, 1.165) is 64.7 Å². The number of hydrogen-bond acceptors (Lipinski definition) is 5. The Morgan fingerprint density at radius 2 is 1.36 bits per heavy atom. The normalized spacial score (nSPS) is 18.6. The van der Waals surface area contributed by atoms with Crippen molar-refractivity contribution in [2.75, 3.05) is 59.5 Å². The first-order chi connectivity index (χ1) is 10.4. The van der Waals surface area contributed by atoms with Gasteiger partial charge in [-0.2, -0.15) is 0 Å². The molecule has 0 radical (unpaired) electrons. The van der Waals surface area contributed by atoms with Crippen molar-refractivity contribution in [3.05, 3.63) is 29.8 Å². The summed E-state index contributed by atoms with van der Waals surface area (Å²) in [7, 11) is 1.71. The van der Waals surface area contributed by atoms with E-state index in [1.807, 2.05) is 12.1 Å². The first kappa shape index (κ1) is 19.5. The summed E-state index contributed by atoms with van der Waals surface area (Å²) in [5.74, 6) is 0.920. The Morgan fingerprint density at radius 1 is 0.864 bits per heavy atom. The summed E-state index contributed by atoms with van der Waals surface area (Å²) in [6, 6.07) is 8.38. The van der Waals surface area contributed by atoms with Crippen molar-refractivity contribution in [1.82, 2.24) is 20.9 Å². The molecule has 0 aromatic heterocycles. The Labute approximate surface area is 146 Å². The number of methoxy groups -OCH3 is 1. The fraction of sp³-hybridized carbons (Fsp3) is 0.625. The number of nitrogens with one attached hydrogen (secondary N) is 3. The predicted molar refractivity (Wildman–Crippen MR) is 86.9 cm³/mol. The van der Waals surface area contributed by atoms with Crippen LogP contribution >= 0.6 is 0 Å². The van der Waals surface area contributed by atoms with Crippen LogP contribution in [0.15, 0.2) is 24.3 Å². The summed E-state index contributed by atoms with van der Waals surface area (Å²) in [4.78, 5) is 2.50. The Kier molecular flexibility index (Phi) is 10.6. The second kappa shape index (κ2) is 12.0. The molecule has 1 aliphatic heterocycles. The van der Waals surface area contributed by atoms with Gasteiger partial charge in [-0.3, -0.25) is 4.90 Å². The summed E-state index contributed by atoms with van der Waals surface area (Å²) >= 11 is 0. The van der Waals surface area contributed by atoms with Crippen molar-refractivity contribution >= 4 is 0 Å². The number of nitrogens with zero attached hydrogens (tertiary/aromatic N) is 1. The molecular weight excluding hydrogens is 330 g/mol. The van der Waals surface area contributed by atoms with Crippen molar-refractivity contribution in [2.45, 2.75) is 6.54 Å². The molecule has 1 saturated heterocycles. The molecule has 3 N–H and O–H groups in total. The topological polar surface area (TPSA) is 48.6 Å². The molecule has 22 heavy (non-hydrogen) atoms. The maximum atomic E-state index is 5.21. The van der Waals surface area contributed by atoms with Crippen LogP contribution in [0.2, 0.25) is 0 Å². The van der Waals surface area contributed by atoms with E-state index >= 15 is 0 Å². The molecule has 1 aromatic carbocycles. The Bertz CT molecular complexity index is 376. The Hall–Kier alpha value is -0.517. The van der Waals surface area contributed by atoms with Gasteiger partial charge < -0.3 is 20.7 Å². The molecule has 1 aromatic rings. The van der Waals surface area contributed by atoms with Crippen molar-refractivity contribution in [1.29, 1.82) is 0 Å². The molecule has 2 rings (SSSR count). The molecule has 6 heteroatoms. The minimum atomic E-state index is 0. The van der Waals surface area contributed by atoms with Crippen LogP contribution in [0.3, 0.4) is 0 Å². The van der Waals surface area contributed by atoms with Gasteiger partial charge in [0.2, 0.25) is 0 Å².